The highest BCUT2D eigenvalue weighted by Crippen LogP contribution is 2.68. The molecule has 0 aromatic heterocycles. The lowest BCUT2D eigenvalue weighted by Crippen LogP contribution is -2.64. The molecule has 0 amide bonds. The molecule has 1 aromatic carbocycles. The summed E-state index contributed by atoms with van der Waals surface area (Å²) in [7, 11) is 0. The Labute approximate surface area is 146 Å². The fourth-order valence-corrected chi connectivity index (χ4v) is 3.96. The Morgan fingerprint density at radius 1 is 1.33 bits per heavy atom. The third-order valence-electron chi connectivity index (χ3n) is 4.95. The average molecular weight is 378 g/mol. The Balaban J connectivity index is 1.78. The van der Waals surface area contributed by atoms with Crippen molar-refractivity contribution in [2.24, 2.45) is 17.6 Å². The maximum absolute atomic E-state index is 15.0. The lowest BCUT2D eigenvalue weighted by atomic mass is 9.87. The number of nitrogens with two attached hydrogens (primary N) is 1. The third-order valence-corrected chi connectivity index (χ3v) is 5.69. The summed E-state index contributed by atoms with van der Waals surface area (Å²) in [6, 6.07) is 4.73. The highest BCUT2D eigenvalue weighted by molar-refractivity contribution is 6.42. The van der Waals surface area contributed by atoms with Crippen molar-refractivity contribution in [2.75, 3.05) is 0 Å². The third kappa shape index (κ3) is 2.23. The van der Waals surface area contributed by atoms with Crippen LogP contribution in [0.3, 0.4) is 0 Å². The number of fused-ring (bicyclic) bond motifs is 1. The predicted octanol–water partition coefficient (Wildman–Crippen LogP) is 2.10. The van der Waals surface area contributed by atoms with Gasteiger partial charge in [-0.1, -0.05) is 29.3 Å². The molecule has 0 spiro atoms. The van der Waals surface area contributed by atoms with Crippen molar-refractivity contribution < 1.29 is 28.9 Å². The van der Waals surface area contributed by atoms with Gasteiger partial charge in [-0.3, -0.25) is 4.79 Å². The summed E-state index contributed by atoms with van der Waals surface area (Å²) < 4.78 is 20.5. The lowest BCUT2D eigenvalue weighted by molar-refractivity contribution is -0.157. The molecule has 5 atom stereocenters. The van der Waals surface area contributed by atoms with Crippen molar-refractivity contribution in [2.45, 2.75) is 30.3 Å². The fraction of sp³-hybridized carbons (Fsp3) is 0.467. The molecule has 0 heterocycles. The van der Waals surface area contributed by atoms with Crippen LogP contribution in [0.4, 0.5) is 4.39 Å². The van der Waals surface area contributed by atoms with E-state index in [-0.39, 0.29) is 13.0 Å². The Morgan fingerprint density at radius 3 is 2.54 bits per heavy atom. The number of alkyl halides is 1. The average Bonchev–Trinajstić information content (AvgIpc) is 3.04. The minimum Gasteiger partial charge on any atom is -0.481 e. The Bertz CT molecular complexity index is 732. The highest BCUT2D eigenvalue weighted by atomic mass is 35.5. The second kappa shape index (κ2) is 5.56. The largest absolute Gasteiger partial charge is 0.481 e. The molecule has 24 heavy (non-hydrogen) atoms. The predicted molar refractivity (Wildman–Crippen MR) is 82.7 cm³/mol. The molecule has 130 valence electrons. The molecule has 0 aliphatic heterocycles. The van der Waals surface area contributed by atoms with Crippen LogP contribution in [0.2, 0.25) is 10.0 Å². The van der Waals surface area contributed by atoms with E-state index in [1.807, 2.05) is 0 Å². The van der Waals surface area contributed by atoms with E-state index >= 15 is 0 Å². The molecule has 2 saturated carbocycles. The minimum atomic E-state index is -2.51. The second-order valence-electron chi connectivity index (χ2n) is 6.15. The standard InChI is InChI=1S/C15H14Cl2FNO5/c16-8-2-1-6(3-9(8)17)5-24-10-4-7-11(12(20)21)14(7,18)15(10,19)13(22)23/h1-3,7,10-11H,4-5,19H2,(H,20,21)(H,22,23)/t7-,10-,11-,14-,15-/m1/s1. The van der Waals surface area contributed by atoms with Gasteiger partial charge in [0.15, 0.2) is 11.2 Å². The van der Waals surface area contributed by atoms with Crippen molar-refractivity contribution in [3.05, 3.63) is 33.8 Å². The van der Waals surface area contributed by atoms with Gasteiger partial charge in [-0.25, -0.2) is 9.18 Å². The van der Waals surface area contributed by atoms with Crippen molar-refractivity contribution >= 4 is 35.1 Å². The van der Waals surface area contributed by atoms with Gasteiger partial charge < -0.3 is 20.7 Å². The molecule has 3 rings (SSSR count). The summed E-state index contributed by atoms with van der Waals surface area (Å²) in [4.78, 5) is 22.7. The van der Waals surface area contributed by atoms with Crippen LogP contribution in [0, 0.1) is 11.8 Å². The molecule has 0 saturated heterocycles. The van der Waals surface area contributed by atoms with Gasteiger partial charge in [-0.2, -0.15) is 0 Å². The summed E-state index contributed by atoms with van der Waals surface area (Å²) >= 11 is 11.7. The zero-order valence-electron chi connectivity index (χ0n) is 12.2. The highest BCUT2D eigenvalue weighted by Gasteiger charge is 2.87. The zero-order chi connectivity index (χ0) is 17.9. The van der Waals surface area contributed by atoms with E-state index in [1.165, 1.54) is 0 Å². The molecule has 2 aliphatic carbocycles. The van der Waals surface area contributed by atoms with Crippen molar-refractivity contribution in [1.29, 1.82) is 0 Å². The number of carbonyl (C=O) groups is 2. The number of halogens is 3. The molecule has 4 N–H and O–H groups in total. The van der Waals surface area contributed by atoms with E-state index < -0.39 is 41.1 Å². The van der Waals surface area contributed by atoms with Crippen LogP contribution >= 0.6 is 23.2 Å². The van der Waals surface area contributed by atoms with Crippen molar-refractivity contribution in [3.63, 3.8) is 0 Å². The van der Waals surface area contributed by atoms with Crippen molar-refractivity contribution in [1.82, 2.24) is 0 Å². The van der Waals surface area contributed by atoms with Crippen LogP contribution in [-0.2, 0) is 20.9 Å². The Hall–Kier alpha value is -1.41. The first-order valence-electron chi connectivity index (χ1n) is 7.13. The molecule has 2 aliphatic rings. The maximum atomic E-state index is 15.0. The van der Waals surface area contributed by atoms with E-state index in [4.69, 9.17) is 38.8 Å². The number of aliphatic carboxylic acids is 2. The van der Waals surface area contributed by atoms with Crippen LogP contribution in [-0.4, -0.2) is 39.5 Å². The Morgan fingerprint density at radius 2 is 2.00 bits per heavy atom. The molecule has 0 radical (unpaired) electrons. The Kier molecular flexibility index (Phi) is 4.03. The number of hydrogen-bond acceptors (Lipinski definition) is 4. The summed E-state index contributed by atoms with van der Waals surface area (Å²) in [5, 5.41) is 19.1. The first kappa shape index (κ1) is 17.4. The van der Waals surface area contributed by atoms with Gasteiger partial charge in [-0.15, -0.1) is 0 Å². The van der Waals surface area contributed by atoms with Crippen molar-refractivity contribution in [3.8, 4) is 0 Å². The number of hydrogen-bond donors (Lipinski definition) is 3. The first-order chi connectivity index (χ1) is 11.1. The van der Waals surface area contributed by atoms with Crippen LogP contribution in [0.15, 0.2) is 18.2 Å². The fourth-order valence-electron chi connectivity index (χ4n) is 3.64. The maximum Gasteiger partial charge on any atom is 0.329 e. The van der Waals surface area contributed by atoms with Gasteiger partial charge in [0.25, 0.3) is 0 Å². The lowest BCUT2D eigenvalue weighted by Gasteiger charge is -2.32. The number of carboxylic acids is 2. The smallest absolute Gasteiger partial charge is 0.329 e. The molecule has 1 aromatic rings. The molecule has 0 unspecified atom stereocenters. The number of rotatable bonds is 5. The molecule has 6 nitrogen and oxygen atoms in total. The van der Waals surface area contributed by atoms with E-state index in [9.17, 15) is 19.1 Å². The zero-order valence-corrected chi connectivity index (χ0v) is 13.7. The normalized spacial score (nSPS) is 37.1. The summed E-state index contributed by atoms with van der Waals surface area (Å²) in [5.74, 6) is -5.38. The quantitative estimate of drug-likeness (QED) is 0.724. The van der Waals surface area contributed by atoms with Crippen LogP contribution in [0.5, 0.6) is 0 Å². The molecule has 9 heteroatoms. The summed E-state index contributed by atoms with van der Waals surface area (Å²) in [6.45, 7) is -0.0473. The van der Waals surface area contributed by atoms with Gasteiger partial charge in [-0.05, 0) is 24.1 Å². The van der Waals surface area contributed by atoms with Crippen LogP contribution in [0.1, 0.15) is 12.0 Å². The monoisotopic (exact) mass is 377 g/mol. The van der Waals surface area contributed by atoms with Gasteiger partial charge in [0.1, 0.15) is 0 Å². The van der Waals surface area contributed by atoms with Crippen LogP contribution in [0.25, 0.3) is 0 Å². The first-order valence-corrected chi connectivity index (χ1v) is 7.89. The second-order valence-corrected chi connectivity index (χ2v) is 6.96. The summed E-state index contributed by atoms with van der Waals surface area (Å²) in [6.07, 6.45) is -1.22. The van der Waals surface area contributed by atoms with Gasteiger partial charge >= 0.3 is 11.9 Å². The number of benzene rings is 1. The molecule has 0 bridgehead atoms. The molecule has 2 fully saturated rings. The SMILES string of the molecule is N[C@@]1(C(=O)O)[C@H](OCc2ccc(Cl)c(Cl)c2)C[C@@H]2[C@H](C(=O)O)[C@]21F. The van der Waals surface area contributed by atoms with E-state index in [2.05, 4.69) is 0 Å². The van der Waals surface area contributed by atoms with Gasteiger partial charge in [0.05, 0.1) is 28.7 Å². The number of ether oxygens (including phenoxy) is 1. The molecular weight excluding hydrogens is 364 g/mol. The number of carboxylic acid groups (broad SMARTS) is 2. The van der Waals surface area contributed by atoms with E-state index in [0.717, 1.165) is 0 Å². The topological polar surface area (TPSA) is 110 Å². The van der Waals surface area contributed by atoms with Gasteiger partial charge in [0, 0.05) is 5.92 Å². The minimum absolute atomic E-state index is 0.0473. The van der Waals surface area contributed by atoms with Crippen LogP contribution < -0.4 is 5.73 Å². The van der Waals surface area contributed by atoms with Gasteiger partial charge in [0.2, 0.25) is 0 Å². The van der Waals surface area contributed by atoms with E-state index in [0.29, 0.717) is 15.6 Å². The summed E-state index contributed by atoms with van der Waals surface area (Å²) in [5.41, 5.74) is 1.50. The van der Waals surface area contributed by atoms with E-state index in [1.54, 1.807) is 18.2 Å². The molecular formula is C15H14Cl2FNO5.